The summed E-state index contributed by atoms with van der Waals surface area (Å²) in [5.41, 5.74) is 1.20. The third kappa shape index (κ3) is 4.66. The van der Waals surface area contributed by atoms with Gasteiger partial charge in [-0.25, -0.2) is 0 Å². The molecule has 25 heavy (non-hydrogen) atoms. The van der Waals surface area contributed by atoms with Gasteiger partial charge < -0.3 is 19.3 Å². The first-order valence-corrected chi connectivity index (χ1v) is 9.46. The lowest BCUT2D eigenvalue weighted by molar-refractivity contribution is -0.0316. The van der Waals surface area contributed by atoms with Gasteiger partial charge in [-0.2, -0.15) is 0 Å². The molecular weight excluding hydrogens is 319 g/mol. The van der Waals surface area contributed by atoms with Gasteiger partial charge in [-0.1, -0.05) is 18.9 Å². The molecule has 5 nitrogen and oxygen atoms in total. The molecule has 5 heteroatoms. The zero-order valence-electron chi connectivity index (χ0n) is 15.4. The molecule has 0 radical (unpaired) electrons. The molecule has 2 aliphatic rings. The van der Waals surface area contributed by atoms with Crippen LogP contribution < -0.4 is 9.47 Å². The largest absolute Gasteiger partial charge is 0.493 e. The first-order valence-electron chi connectivity index (χ1n) is 9.46. The number of rotatable bonds is 7. The fourth-order valence-corrected chi connectivity index (χ4v) is 4.12. The van der Waals surface area contributed by atoms with Crippen molar-refractivity contribution in [2.45, 2.75) is 56.8 Å². The Hall–Kier alpha value is -1.30. The van der Waals surface area contributed by atoms with Crippen LogP contribution in [0.1, 0.15) is 37.7 Å². The van der Waals surface area contributed by atoms with Crippen molar-refractivity contribution in [1.29, 1.82) is 0 Å². The van der Waals surface area contributed by atoms with Crippen molar-refractivity contribution in [1.82, 2.24) is 4.90 Å². The first kappa shape index (κ1) is 18.5. The zero-order valence-corrected chi connectivity index (χ0v) is 15.4. The number of β-amino-alcohol motifs (C(OH)–C–C–N with tert-alkyl or cyclic N) is 1. The quantitative estimate of drug-likeness (QED) is 0.766. The van der Waals surface area contributed by atoms with Crippen LogP contribution in [0.4, 0.5) is 0 Å². The van der Waals surface area contributed by atoms with Gasteiger partial charge in [0, 0.05) is 19.1 Å². The van der Waals surface area contributed by atoms with Gasteiger partial charge in [0.15, 0.2) is 11.5 Å². The minimum absolute atomic E-state index is 0.158. The molecule has 0 bridgehead atoms. The Morgan fingerprint density at radius 2 is 1.88 bits per heavy atom. The van der Waals surface area contributed by atoms with Crippen molar-refractivity contribution in [2.24, 2.45) is 0 Å². The number of hydrogen-bond acceptors (Lipinski definition) is 5. The maximum Gasteiger partial charge on any atom is 0.160 e. The molecule has 3 atom stereocenters. The molecule has 140 valence electrons. The van der Waals surface area contributed by atoms with Gasteiger partial charge in [0.05, 0.1) is 33.0 Å². The van der Waals surface area contributed by atoms with Gasteiger partial charge >= 0.3 is 0 Å². The molecule has 1 aromatic carbocycles. The topological polar surface area (TPSA) is 51.2 Å². The van der Waals surface area contributed by atoms with Crippen LogP contribution in [0.15, 0.2) is 18.2 Å². The number of aliphatic hydroxyl groups is 1. The second-order valence-corrected chi connectivity index (χ2v) is 7.14. The summed E-state index contributed by atoms with van der Waals surface area (Å²) in [4.78, 5) is 2.44. The normalized spacial score (nSPS) is 27.4. The highest BCUT2D eigenvalue weighted by Crippen LogP contribution is 2.30. The van der Waals surface area contributed by atoms with Gasteiger partial charge in [0.2, 0.25) is 0 Å². The van der Waals surface area contributed by atoms with Crippen molar-refractivity contribution in [3.63, 3.8) is 0 Å². The number of methoxy groups -OCH3 is 2. The fourth-order valence-electron chi connectivity index (χ4n) is 4.12. The molecule has 0 spiro atoms. The van der Waals surface area contributed by atoms with Crippen molar-refractivity contribution in [3.8, 4) is 11.5 Å². The number of ether oxygens (including phenoxy) is 3. The maximum absolute atomic E-state index is 9.83. The average Bonchev–Trinajstić information content (AvgIpc) is 3.08. The molecule has 1 unspecified atom stereocenters. The van der Waals surface area contributed by atoms with Crippen LogP contribution in [0.3, 0.4) is 0 Å². The third-order valence-electron chi connectivity index (χ3n) is 5.50. The van der Waals surface area contributed by atoms with E-state index in [0.29, 0.717) is 18.8 Å². The van der Waals surface area contributed by atoms with Crippen LogP contribution >= 0.6 is 0 Å². The standard InChI is InChI=1S/C20H31NO4/c1-23-19-8-7-15(13-20(19)24-2)10-12-25-18-6-4-3-5-17(18)21-11-9-16(22)14-21/h7-8,13,16-18,22H,3-6,9-12,14H2,1-2H3/t16-,17?,18+/m1/s1/i1+1. The van der Waals surface area contributed by atoms with Crippen LogP contribution in [0.25, 0.3) is 0 Å². The summed E-state index contributed by atoms with van der Waals surface area (Å²) < 4.78 is 16.9. The Bertz CT molecular complexity index is 550. The van der Waals surface area contributed by atoms with Crippen molar-refractivity contribution >= 4 is 0 Å². The van der Waals surface area contributed by atoms with Crippen molar-refractivity contribution < 1.29 is 19.3 Å². The molecule has 0 amide bonds. The lowest BCUT2D eigenvalue weighted by atomic mass is 9.91. The molecule has 1 aliphatic carbocycles. The molecule has 1 heterocycles. The van der Waals surface area contributed by atoms with Crippen molar-refractivity contribution in [2.75, 3.05) is 33.9 Å². The predicted octanol–water partition coefficient (Wildman–Crippen LogP) is 2.64. The highest BCUT2D eigenvalue weighted by atomic mass is 16.5. The van der Waals surface area contributed by atoms with Crippen LogP contribution in [0.5, 0.6) is 11.5 Å². The minimum Gasteiger partial charge on any atom is -0.493 e. The van der Waals surface area contributed by atoms with Gasteiger partial charge in [-0.05, 0) is 43.4 Å². The molecule has 0 aromatic heterocycles. The highest BCUT2D eigenvalue weighted by Gasteiger charge is 2.34. The number of nitrogens with zero attached hydrogens (tertiary/aromatic N) is 1. The molecule has 1 saturated carbocycles. The Morgan fingerprint density at radius 3 is 2.60 bits per heavy atom. The van der Waals surface area contributed by atoms with Crippen molar-refractivity contribution in [3.05, 3.63) is 23.8 Å². The third-order valence-corrected chi connectivity index (χ3v) is 5.50. The molecule has 1 aliphatic heterocycles. The second-order valence-electron chi connectivity index (χ2n) is 7.14. The van der Waals surface area contributed by atoms with E-state index in [-0.39, 0.29) is 6.10 Å². The summed E-state index contributed by atoms with van der Waals surface area (Å²) >= 11 is 0. The zero-order chi connectivity index (χ0) is 17.6. The van der Waals surface area contributed by atoms with E-state index in [1.807, 2.05) is 12.1 Å². The second kappa shape index (κ2) is 8.88. The fraction of sp³-hybridized carbons (Fsp3) is 0.700. The number of hydrogen-bond donors (Lipinski definition) is 1. The summed E-state index contributed by atoms with van der Waals surface area (Å²) in [5, 5.41) is 9.83. The Balaban J connectivity index is 1.53. The Morgan fingerprint density at radius 1 is 1.08 bits per heavy atom. The smallest absolute Gasteiger partial charge is 0.160 e. The number of likely N-dealkylation sites (tertiary alicyclic amines) is 1. The lowest BCUT2D eigenvalue weighted by Crippen LogP contribution is -2.46. The van der Waals surface area contributed by atoms with E-state index in [9.17, 15) is 5.11 Å². The average molecular weight is 350 g/mol. The predicted molar refractivity (Wildman–Crippen MR) is 97.4 cm³/mol. The summed E-state index contributed by atoms with van der Waals surface area (Å²) in [5.74, 6) is 1.52. The Kier molecular flexibility index (Phi) is 6.57. The van der Waals surface area contributed by atoms with E-state index in [0.717, 1.165) is 43.9 Å². The monoisotopic (exact) mass is 350 g/mol. The summed E-state index contributed by atoms with van der Waals surface area (Å²) in [6.45, 7) is 2.52. The van der Waals surface area contributed by atoms with Crippen LogP contribution in [0, 0.1) is 0 Å². The summed E-state index contributed by atoms with van der Waals surface area (Å²) in [6, 6.07) is 6.51. The highest BCUT2D eigenvalue weighted by molar-refractivity contribution is 5.42. The van der Waals surface area contributed by atoms with Gasteiger partial charge in [0.25, 0.3) is 0 Å². The Labute approximate surface area is 150 Å². The summed E-state index contributed by atoms with van der Waals surface area (Å²) in [6.07, 6.45) is 6.73. The van der Waals surface area contributed by atoms with E-state index < -0.39 is 0 Å². The SMILES string of the molecule is COc1cc(CCO[C@H]2CCCCC2N2CC[C@@H](O)C2)ccc1O[13CH3]. The molecule has 1 saturated heterocycles. The summed E-state index contributed by atoms with van der Waals surface area (Å²) in [7, 11) is 3.31. The molecular formula is C20H31NO4. The van der Waals surface area contributed by atoms with E-state index in [1.165, 1.54) is 24.8 Å². The molecule has 3 rings (SSSR count). The van der Waals surface area contributed by atoms with E-state index >= 15 is 0 Å². The minimum atomic E-state index is -0.158. The van der Waals surface area contributed by atoms with Gasteiger partial charge in [0.1, 0.15) is 0 Å². The number of benzene rings is 1. The van der Waals surface area contributed by atoms with E-state index in [4.69, 9.17) is 14.2 Å². The van der Waals surface area contributed by atoms with Gasteiger partial charge in [-0.3, -0.25) is 4.90 Å². The molecule has 1 N–H and O–H groups in total. The lowest BCUT2D eigenvalue weighted by Gasteiger charge is -2.37. The van der Waals surface area contributed by atoms with Crippen LogP contribution in [-0.2, 0) is 11.2 Å². The molecule has 1 aromatic rings. The molecule has 2 fully saturated rings. The number of aliphatic hydroxyl groups excluding tert-OH is 1. The van der Waals surface area contributed by atoms with Gasteiger partial charge in [-0.15, -0.1) is 0 Å². The maximum atomic E-state index is 9.83. The van der Waals surface area contributed by atoms with Crippen LogP contribution in [-0.4, -0.2) is 62.2 Å². The van der Waals surface area contributed by atoms with Crippen LogP contribution in [0.2, 0.25) is 0 Å². The van der Waals surface area contributed by atoms with E-state index in [1.54, 1.807) is 14.2 Å². The first-order chi connectivity index (χ1) is 12.2. The van der Waals surface area contributed by atoms with E-state index in [2.05, 4.69) is 11.0 Å².